The first-order valence-corrected chi connectivity index (χ1v) is 8.84. The van der Waals surface area contributed by atoms with Crippen LogP contribution in [0, 0.1) is 12.3 Å². The Morgan fingerprint density at radius 3 is 2.74 bits per heavy atom. The molecule has 1 aromatic rings. The van der Waals surface area contributed by atoms with Crippen molar-refractivity contribution in [2.75, 3.05) is 0 Å². The molecule has 0 aromatic carbocycles. The first kappa shape index (κ1) is 15.0. The van der Waals surface area contributed by atoms with Crippen LogP contribution in [-0.4, -0.2) is 19.6 Å². The van der Waals surface area contributed by atoms with Crippen molar-refractivity contribution in [1.29, 1.82) is 0 Å². The van der Waals surface area contributed by atoms with Gasteiger partial charge in [0.15, 0.2) is 0 Å². The van der Waals surface area contributed by atoms with Crippen LogP contribution >= 0.6 is 11.3 Å². The Hall–Kier alpha value is -0.430. The van der Waals surface area contributed by atoms with E-state index in [1.807, 2.05) is 0 Å². The topological polar surface area (TPSA) is 66.4 Å². The van der Waals surface area contributed by atoms with Gasteiger partial charge in [-0.2, -0.15) is 0 Å². The van der Waals surface area contributed by atoms with Crippen molar-refractivity contribution in [2.45, 2.75) is 57.6 Å². The highest BCUT2D eigenvalue weighted by atomic mass is 32.2. The van der Waals surface area contributed by atoms with E-state index in [9.17, 15) is 13.5 Å². The van der Waals surface area contributed by atoms with Gasteiger partial charge in [-0.05, 0) is 36.1 Å². The number of nitrogens with one attached hydrogen (secondary N) is 1. The molecule has 2 N–H and O–H groups in total. The van der Waals surface area contributed by atoms with Crippen LogP contribution in [0.15, 0.2) is 10.3 Å². The highest BCUT2D eigenvalue weighted by Gasteiger charge is 2.38. The maximum Gasteiger partial charge on any atom is 0.242 e. The van der Waals surface area contributed by atoms with Crippen LogP contribution in [0.25, 0.3) is 0 Å². The second-order valence-electron chi connectivity index (χ2n) is 5.88. The number of aliphatic hydroxyl groups is 1. The lowest BCUT2D eigenvalue weighted by molar-refractivity contribution is 0.282. The molecule has 1 fully saturated rings. The lowest BCUT2D eigenvalue weighted by atomic mass is 9.88. The van der Waals surface area contributed by atoms with Crippen LogP contribution in [0.4, 0.5) is 0 Å². The van der Waals surface area contributed by atoms with Crippen LogP contribution in [0.5, 0.6) is 0 Å². The summed E-state index contributed by atoms with van der Waals surface area (Å²) in [6, 6.07) is -0.0247. The largest absolute Gasteiger partial charge is 0.391 e. The molecule has 4 nitrogen and oxygen atoms in total. The van der Waals surface area contributed by atoms with E-state index < -0.39 is 10.0 Å². The second-order valence-corrected chi connectivity index (χ2v) is 8.50. The molecule has 1 unspecified atom stereocenters. The van der Waals surface area contributed by atoms with Crippen molar-refractivity contribution in [1.82, 2.24) is 4.72 Å². The summed E-state index contributed by atoms with van der Waals surface area (Å²) in [6.45, 7) is 5.73. The minimum Gasteiger partial charge on any atom is -0.391 e. The first-order valence-electron chi connectivity index (χ1n) is 6.48. The van der Waals surface area contributed by atoms with Crippen LogP contribution in [0.1, 0.15) is 43.6 Å². The van der Waals surface area contributed by atoms with Gasteiger partial charge in [-0.3, -0.25) is 0 Å². The zero-order chi connectivity index (χ0) is 14.3. The zero-order valence-electron chi connectivity index (χ0n) is 11.6. The number of hydrogen-bond acceptors (Lipinski definition) is 4. The fraction of sp³-hybridized carbons (Fsp3) is 0.692. The third kappa shape index (κ3) is 2.86. The molecule has 6 heteroatoms. The molecule has 1 saturated carbocycles. The number of rotatable bonds is 4. The highest BCUT2D eigenvalue weighted by Crippen LogP contribution is 2.38. The number of thiophene rings is 1. The normalized spacial score (nSPS) is 22.8. The van der Waals surface area contributed by atoms with Crippen molar-refractivity contribution in [2.24, 2.45) is 5.41 Å². The van der Waals surface area contributed by atoms with Gasteiger partial charge in [-0.15, -0.1) is 11.3 Å². The van der Waals surface area contributed by atoms with E-state index in [1.165, 1.54) is 11.3 Å². The molecule has 1 aliphatic rings. The Morgan fingerprint density at radius 1 is 1.53 bits per heavy atom. The van der Waals surface area contributed by atoms with Gasteiger partial charge in [0.25, 0.3) is 0 Å². The van der Waals surface area contributed by atoms with E-state index >= 15 is 0 Å². The minimum atomic E-state index is -3.54. The average molecular weight is 303 g/mol. The van der Waals surface area contributed by atoms with E-state index in [1.54, 1.807) is 12.3 Å². The van der Waals surface area contributed by atoms with Crippen LogP contribution < -0.4 is 4.72 Å². The molecule has 0 aliphatic heterocycles. The van der Waals surface area contributed by atoms with Gasteiger partial charge < -0.3 is 5.11 Å². The van der Waals surface area contributed by atoms with Crippen LogP contribution in [-0.2, 0) is 16.6 Å². The lowest BCUT2D eigenvalue weighted by Crippen LogP contribution is -2.41. The summed E-state index contributed by atoms with van der Waals surface area (Å²) in [5.74, 6) is 0. The molecule has 1 heterocycles. The van der Waals surface area contributed by atoms with Crippen LogP contribution in [0.3, 0.4) is 0 Å². The Balaban J connectivity index is 2.31. The Bertz CT molecular complexity index is 560. The van der Waals surface area contributed by atoms with Crippen molar-refractivity contribution in [3.8, 4) is 0 Å². The standard InChI is InChI=1S/C13H21NO3S2/c1-9-8-18-10(7-15)12(9)19(16,17)14-11-5-4-6-13(11,2)3/h8,11,14-15H,4-7H2,1-3H3. The van der Waals surface area contributed by atoms with Crippen LogP contribution in [0.2, 0.25) is 0 Å². The van der Waals surface area contributed by atoms with Crippen molar-refractivity contribution in [3.05, 3.63) is 15.8 Å². The molecule has 108 valence electrons. The maximum absolute atomic E-state index is 12.5. The van der Waals surface area contributed by atoms with Crippen molar-refractivity contribution < 1.29 is 13.5 Å². The molecule has 2 rings (SSSR count). The molecule has 0 saturated heterocycles. The minimum absolute atomic E-state index is 0.00360. The number of aryl methyl sites for hydroxylation is 1. The predicted octanol–water partition coefficient (Wildman–Crippen LogP) is 2.41. The van der Waals surface area contributed by atoms with Crippen molar-refractivity contribution in [3.63, 3.8) is 0 Å². The second kappa shape index (κ2) is 5.16. The van der Waals surface area contributed by atoms with E-state index in [0.29, 0.717) is 10.4 Å². The molecule has 1 atom stereocenters. The SMILES string of the molecule is Cc1csc(CO)c1S(=O)(=O)NC1CCCC1(C)C. The monoisotopic (exact) mass is 303 g/mol. The Labute approximate surface area is 118 Å². The van der Waals surface area contributed by atoms with Gasteiger partial charge >= 0.3 is 0 Å². The third-order valence-electron chi connectivity index (χ3n) is 3.96. The quantitative estimate of drug-likeness (QED) is 0.897. The zero-order valence-corrected chi connectivity index (χ0v) is 13.2. The van der Waals surface area contributed by atoms with E-state index in [2.05, 4.69) is 18.6 Å². The average Bonchev–Trinajstić information content (AvgIpc) is 2.82. The summed E-state index contributed by atoms with van der Waals surface area (Å²) in [4.78, 5) is 0.781. The van der Waals surface area contributed by atoms with Gasteiger partial charge in [0.2, 0.25) is 10.0 Å². The summed E-state index contributed by atoms with van der Waals surface area (Å²) in [5.41, 5.74) is 0.702. The van der Waals surface area contributed by atoms with E-state index in [4.69, 9.17) is 0 Å². The fourth-order valence-corrected chi connectivity index (χ4v) is 5.85. The maximum atomic E-state index is 12.5. The molecule has 0 amide bonds. The summed E-state index contributed by atoms with van der Waals surface area (Å²) >= 11 is 1.29. The Kier molecular flexibility index (Phi) is 4.07. The summed E-state index contributed by atoms with van der Waals surface area (Å²) in [6.07, 6.45) is 2.97. The summed E-state index contributed by atoms with van der Waals surface area (Å²) < 4.78 is 27.9. The fourth-order valence-electron chi connectivity index (χ4n) is 2.75. The summed E-state index contributed by atoms with van der Waals surface area (Å²) in [7, 11) is -3.54. The number of sulfonamides is 1. The smallest absolute Gasteiger partial charge is 0.242 e. The molecule has 1 aromatic heterocycles. The molecular weight excluding hydrogens is 282 g/mol. The number of hydrogen-bond donors (Lipinski definition) is 2. The lowest BCUT2D eigenvalue weighted by Gasteiger charge is -2.27. The molecule has 0 spiro atoms. The molecular formula is C13H21NO3S2. The summed E-state index contributed by atoms with van der Waals surface area (Å²) in [5, 5.41) is 11.1. The molecule has 19 heavy (non-hydrogen) atoms. The van der Waals surface area contributed by atoms with Crippen molar-refractivity contribution >= 4 is 21.4 Å². The third-order valence-corrected chi connectivity index (χ3v) is 6.88. The van der Waals surface area contributed by atoms with Gasteiger partial charge in [0.05, 0.1) is 11.5 Å². The van der Waals surface area contributed by atoms with Gasteiger partial charge in [-0.1, -0.05) is 20.3 Å². The predicted molar refractivity (Wildman–Crippen MR) is 76.7 cm³/mol. The molecule has 0 bridgehead atoms. The number of aliphatic hydroxyl groups excluding tert-OH is 1. The van der Waals surface area contributed by atoms with Gasteiger partial charge in [0, 0.05) is 6.04 Å². The van der Waals surface area contributed by atoms with Gasteiger partial charge in [0.1, 0.15) is 4.90 Å². The first-order chi connectivity index (χ1) is 8.78. The molecule has 1 aliphatic carbocycles. The Morgan fingerprint density at radius 2 is 2.21 bits per heavy atom. The molecule has 0 radical (unpaired) electrons. The van der Waals surface area contributed by atoms with Gasteiger partial charge in [-0.25, -0.2) is 13.1 Å². The van der Waals surface area contributed by atoms with E-state index in [0.717, 1.165) is 19.3 Å². The van der Waals surface area contributed by atoms with E-state index in [-0.39, 0.29) is 23.0 Å². The highest BCUT2D eigenvalue weighted by molar-refractivity contribution is 7.89.